The lowest BCUT2D eigenvalue weighted by molar-refractivity contribution is 0.409. The van der Waals surface area contributed by atoms with Crippen LogP contribution >= 0.6 is 0 Å². The van der Waals surface area contributed by atoms with Crippen LogP contribution in [0.3, 0.4) is 0 Å². The summed E-state index contributed by atoms with van der Waals surface area (Å²) in [5, 5.41) is 38.9. The van der Waals surface area contributed by atoms with E-state index >= 15 is 0 Å². The summed E-state index contributed by atoms with van der Waals surface area (Å²) >= 11 is 0. The number of rotatable bonds is 5. The van der Waals surface area contributed by atoms with Crippen molar-refractivity contribution in [2.75, 3.05) is 0 Å². The predicted molar refractivity (Wildman–Crippen MR) is 108 cm³/mol. The smallest absolute Gasteiger partial charge is 0.261 e. The lowest BCUT2D eigenvalue weighted by atomic mass is 10.0. The number of unbranched alkanes of at least 4 members (excludes halogenated alkanes) is 1. The number of hydrogen-bond donors (Lipinski definition) is 2. The van der Waals surface area contributed by atoms with E-state index in [1.54, 1.807) is 42.5 Å². The molecule has 3 aromatic rings. The molecule has 138 valence electrons. The Bertz CT molecular complexity index is 1320. The van der Waals surface area contributed by atoms with Crippen molar-refractivity contribution >= 4 is 39.2 Å². The molecule has 1 heterocycles. The molecular weight excluding hydrogens is 354 g/mol. The van der Waals surface area contributed by atoms with Gasteiger partial charge in [-0.05, 0) is 23.9 Å². The van der Waals surface area contributed by atoms with E-state index in [0.29, 0.717) is 33.3 Å². The third-order valence-electron chi connectivity index (χ3n) is 4.57. The van der Waals surface area contributed by atoms with Gasteiger partial charge >= 0.3 is 0 Å². The number of aromatic nitrogens is 1. The first-order valence-corrected chi connectivity index (χ1v) is 8.77. The van der Waals surface area contributed by atoms with E-state index in [0.717, 1.165) is 12.8 Å². The molecule has 0 aliphatic heterocycles. The van der Waals surface area contributed by atoms with Gasteiger partial charge in [-0.3, -0.25) is 14.8 Å². The van der Waals surface area contributed by atoms with Gasteiger partial charge in [0.05, 0.1) is 0 Å². The molecule has 0 radical (unpaired) electrons. The van der Waals surface area contributed by atoms with Crippen LogP contribution in [0.2, 0.25) is 0 Å². The minimum absolute atomic E-state index is 0.0684. The first kappa shape index (κ1) is 18.8. The highest BCUT2D eigenvalue weighted by Gasteiger charge is 2.15. The van der Waals surface area contributed by atoms with Crippen LogP contribution in [0.4, 0.5) is 0 Å². The molecule has 0 amide bonds. The quantitative estimate of drug-likeness (QED) is 0.668. The van der Waals surface area contributed by atoms with Crippen molar-refractivity contribution in [1.82, 2.24) is 4.57 Å². The molecule has 0 spiro atoms. The highest BCUT2D eigenvalue weighted by Crippen LogP contribution is 2.29. The van der Waals surface area contributed by atoms with Gasteiger partial charge in [-0.25, -0.2) is 4.99 Å². The maximum absolute atomic E-state index is 12.9. The molecule has 2 N–H and O–H groups in total. The molecule has 3 rings (SSSR count). The number of hydrogen-bond acceptors (Lipinski definition) is 6. The number of nitrogens with zero attached hydrogens (tertiary/aromatic N) is 4. The summed E-state index contributed by atoms with van der Waals surface area (Å²) in [6.07, 6.45) is 3.07. The van der Waals surface area contributed by atoms with E-state index in [4.69, 9.17) is 15.9 Å². The summed E-state index contributed by atoms with van der Waals surface area (Å²) < 4.78 is 1.39. The maximum Gasteiger partial charge on any atom is 0.261 e. The Balaban J connectivity index is 2.34. The Morgan fingerprint density at radius 2 is 1.96 bits per heavy atom. The summed E-state index contributed by atoms with van der Waals surface area (Å²) in [7, 11) is 0. The fourth-order valence-electron chi connectivity index (χ4n) is 3.15. The van der Waals surface area contributed by atoms with E-state index in [1.807, 2.05) is 6.92 Å². The second-order valence-corrected chi connectivity index (χ2v) is 6.27. The highest BCUT2D eigenvalue weighted by molar-refractivity contribution is 6.52. The zero-order chi connectivity index (χ0) is 20.3. The second kappa shape index (κ2) is 7.73. The fraction of sp³-hybridized carbons (Fsp3) is 0.190. The van der Waals surface area contributed by atoms with Crippen LogP contribution in [0.25, 0.3) is 27.7 Å². The van der Waals surface area contributed by atoms with Gasteiger partial charge in [0.2, 0.25) is 5.88 Å². The number of nitriles is 2. The fourth-order valence-corrected chi connectivity index (χ4v) is 3.15. The third kappa shape index (κ3) is 3.10. The molecule has 0 unspecified atom stereocenters. The van der Waals surface area contributed by atoms with E-state index in [9.17, 15) is 9.90 Å². The van der Waals surface area contributed by atoms with Gasteiger partial charge in [0.1, 0.15) is 12.1 Å². The molecule has 0 fully saturated rings. The van der Waals surface area contributed by atoms with Crippen molar-refractivity contribution in [3.05, 3.63) is 45.9 Å². The van der Waals surface area contributed by atoms with Crippen LogP contribution in [0, 0.1) is 28.1 Å². The molecule has 2 aromatic carbocycles. The summed E-state index contributed by atoms with van der Waals surface area (Å²) in [6.45, 7) is 2.46. The normalized spacial score (nSPS) is 12.2. The number of aliphatic imine (C=N–C) groups is 1. The number of pyridine rings is 1. The summed E-state index contributed by atoms with van der Waals surface area (Å²) in [4.78, 5) is 16.8. The van der Waals surface area contributed by atoms with Crippen molar-refractivity contribution in [1.29, 1.82) is 15.9 Å². The molecule has 0 saturated carbocycles. The molecule has 0 atom stereocenters. The third-order valence-corrected chi connectivity index (χ3v) is 4.57. The Kier molecular flexibility index (Phi) is 5.19. The van der Waals surface area contributed by atoms with Crippen LogP contribution in [0.15, 0.2) is 40.1 Å². The van der Waals surface area contributed by atoms with Crippen molar-refractivity contribution in [3.63, 3.8) is 0 Å². The first-order valence-electron chi connectivity index (χ1n) is 8.77. The summed E-state index contributed by atoms with van der Waals surface area (Å²) in [5.74, 6) is -0.0684. The monoisotopic (exact) mass is 371 g/mol. The maximum atomic E-state index is 12.9. The van der Waals surface area contributed by atoms with E-state index in [1.165, 1.54) is 10.8 Å². The molecule has 0 bridgehead atoms. The molecule has 0 aliphatic carbocycles. The van der Waals surface area contributed by atoms with E-state index in [-0.39, 0.29) is 17.2 Å². The number of benzene rings is 2. The second-order valence-electron chi connectivity index (χ2n) is 6.27. The van der Waals surface area contributed by atoms with Crippen LogP contribution < -0.4 is 10.8 Å². The van der Waals surface area contributed by atoms with Crippen molar-refractivity contribution < 1.29 is 5.11 Å². The van der Waals surface area contributed by atoms with Gasteiger partial charge in [-0.1, -0.05) is 31.5 Å². The van der Waals surface area contributed by atoms with Gasteiger partial charge < -0.3 is 5.11 Å². The first-order chi connectivity index (χ1) is 13.5. The van der Waals surface area contributed by atoms with E-state index in [2.05, 4.69) is 4.99 Å². The topological polar surface area (TPSA) is 126 Å². The van der Waals surface area contributed by atoms with Crippen molar-refractivity contribution in [2.45, 2.75) is 26.3 Å². The van der Waals surface area contributed by atoms with Crippen LogP contribution in [-0.4, -0.2) is 21.1 Å². The van der Waals surface area contributed by atoms with Crippen LogP contribution in [-0.2, 0) is 6.54 Å². The van der Waals surface area contributed by atoms with E-state index < -0.39 is 5.71 Å². The van der Waals surface area contributed by atoms with Crippen molar-refractivity contribution in [3.8, 4) is 18.0 Å². The van der Waals surface area contributed by atoms with Crippen LogP contribution in [0.1, 0.15) is 19.8 Å². The predicted octanol–water partition coefficient (Wildman–Crippen LogP) is 2.63. The van der Waals surface area contributed by atoms with Crippen LogP contribution in [0.5, 0.6) is 5.88 Å². The molecule has 0 saturated heterocycles. The lowest BCUT2D eigenvalue weighted by Crippen LogP contribution is -2.21. The van der Waals surface area contributed by atoms with Gasteiger partial charge in [0, 0.05) is 34.1 Å². The number of aromatic hydroxyl groups is 1. The van der Waals surface area contributed by atoms with Gasteiger partial charge in [-0.2, -0.15) is 10.5 Å². The van der Waals surface area contributed by atoms with Gasteiger partial charge in [0.25, 0.3) is 5.56 Å². The Morgan fingerprint density at radius 3 is 2.64 bits per heavy atom. The van der Waals surface area contributed by atoms with Gasteiger partial charge in [0.15, 0.2) is 11.4 Å². The molecule has 28 heavy (non-hydrogen) atoms. The summed E-state index contributed by atoms with van der Waals surface area (Å²) in [6, 6.07) is 12.0. The average Bonchev–Trinajstić information content (AvgIpc) is 2.72. The standard InChI is InChI=1S/C21H17N5O2/c1-2-3-9-26-20(27)15-6-4-5-14-13(7-8-16(19(14)15)21(26)28)12-25-18(11-23)17(24)10-22/h4-8,12,24,27H,2-3,9H2,1H3. The molecule has 7 nitrogen and oxygen atoms in total. The Labute approximate surface area is 160 Å². The lowest BCUT2D eigenvalue weighted by Gasteiger charge is -2.14. The number of nitrogens with one attached hydrogen (secondary N) is 1. The minimum Gasteiger partial charge on any atom is -0.494 e. The SMILES string of the molecule is CCCCn1c(O)c2cccc3c(=CN=C(C#N)C(=N)C#N)ccc(c1=O)c23. The minimum atomic E-state index is -0.519. The Hall–Kier alpha value is -3.97. The summed E-state index contributed by atoms with van der Waals surface area (Å²) in [5.41, 5.74) is -1.07. The van der Waals surface area contributed by atoms with Crippen molar-refractivity contribution in [2.24, 2.45) is 4.99 Å². The Morgan fingerprint density at radius 1 is 1.21 bits per heavy atom. The highest BCUT2D eigenvalue weighted by atomic mass is 16.3. The zero-order valence-corrected chi connectivity index (χ0v) is 15.2. The molecular formula is C21H17N5O2. The zero-order valence-electron chi connectivity index (χ0n) is 15.2. The molecule has 7 heteroatoms. The molecule has 1 aromatic heterocycles. The largest absolute Gasteiger partial charge is 0.494 e. The average molecular weight is 371 g/mol. The molecule has 0 aliphatic rings. The van der Waals surface area contributed by atoms with Gasteiger partial charge in [-0.15, -0.1) is 0 Å².